The number of fused-ring (bicyclic) bond motifs is 1. The molecular weight excluding hydrogens is 253 g/mol. The zero-order valence-corrected chi connectivity index (χ0v) is 8.58. The molecule has 0 aromatic carbocycles. The number of piperidine rings is 1. The summed E-state index contributed by atoms with van der Waals surface area (Å²) in [6, 6.07) is 0. The van der Waals surface area contributed by atoms with Crippen LogP contribution in [0.1, 0.15) is 6.42 Å². The summed E-state index contributed by atoms with van der Waals surface area (Å²) in [6.07, 6.45) is 1.43. The normalized spacial score (nSPS) is 35.4. The summed E-state index contributed by atoms with van der Waals surface area (Å²) in [6.45, 7) is 3.08. The number of hydrogen-bond acceptors (Lipinski definition) is 2. The third-order valence-electron chi connectivity index (χ3n) is 2.60. The Morgan fingerprint density at radius 3 is 2.64 bits per heavy atom. The van der Waals surface area contributed by atoms with Crippen molar-refractivity contribution < 1.29 is 4.79 Å². The van der Waals surface area contributed by atoms with Crippen molar-refractivity contribution >= 4 is 28.4 Å². The number of rotatable bonds is 3. The van der Waals surface area contributed by atoms with Crippen LogP contribution in [0.2, 0.25) is 0 Å². The third-order valence-corrected chi connectivity index (χ3v) is 3.45. The van der Waals surface area contributed by atoms with E-state index in [2.05, 4.69) is 27.5 Å². The highest BCUT2D eigenvalue weighted by molar-refractivity contribution is 14.1. The number of halogens is 1. The van der Waals surface area contributed by atoms with Crippen molar-refractivity contribution in [1.82, 2.24) is 4.90 Å². The Balaban J connectivity index is 1.75. The average molecular weight is 265 g/mol. The van der Waals surface area contributed by atoms with E-state index >= 15 is 0 Å². The zero-order chi connectivity index (χ0) is 7.84. The van der Waals surface area contributed by atoms with Crippen LogP contribution in [-0.2, 0) is 4.79 Å². The van der Waals surface area contributed by atoms with Crippen LogP contribution in [0.25, 0.3) is 0 Å². The summed E-state index contributed by atoms with van der Waals surface area (Å²) in [5, 5.41) is 0. The van der Waals surface area contributed by atoms with E-state index in [0.29, 0.717) is 16.8 Å². The Morgan fingerprint density at radius 2 is 2.09 bits per heavy atom. The Bertz CT molecular complexity index is 173. The van der Waals surface area contributed by atoms with E-state index in [1.54, 1.807) is 0 Å². The van der Waals surface area contributed by atoms with Gasteiger partial charge in [0.1, 0.15) is 0 Å². The molecule has 0 radical (unpaired) electrons. The molecule has 0 amide bonds. The number of nitrogens with zero attached hydrogens (tertiary/aromatic N) is 1. The van der Waals surface area contributed by atoms with E-state index < -0.39 is 0 Å². The van der Waals surface area contributed by atoms with Gasteiger partial charge in [0.15, 0.2) is 5.78 Å². The molecule has 2 nitrogen and oxygen atoms in total. The van der Waals surface area contributed by atoms with Gasteiger partial charge in [0, 0.05) is 13.1 Å². The van der Waals surface area contributed by atoms with Gasteiger partial charge in [-0.15, -0.1) is 0 Å². The molecule has 0 spiro atoms. The first-order valence-corrected chi connectivity index (χ1v) is 5.62. The molecular formula is C8H12INO. The average Bonchev–Trinajstić information content (AvgIpc) is 2.60. The number of ketones is 1. The molecule has 0 N–H and O–H groups in total. The van der Waals surface area contributed by atoms with Gasteiger partial charge in [-0.3, -0.25) is 9.69 Å². The number of carbonyl (C=O) groups is 1. The zero-order valence-electron chi connectivity index (χ0n) is 6.42. The van der Waals surface area contributed by atoms with Crippen molar-refractivity contribution in [1.29, 1.82) is 0 Å². The van der Waals surface area contributed by atoms with E-state index in [4.69, 9.17) is 0 Å². The van der Waals surface area contributed by atoms with Crippen molar-refractivity contribution in [2.75, 3.05) is 24.1 Å². The first kappa shape index (κ1) is 7.98. The molecule has 0 aromatic rings. The van der Waals surface area contributed by atoms with Crippen LogP contribution in [0, 0.1) is 11.8 Å². The van der Waals surface area contributed by atoms with Crippen LogP contribution in [0.5, 0.6) is 0 Å². The van der Waals surface area contributed by atoms with Crippen molar-refractivity contribution in [3.05, 3.63) is 0 Å². The summed E-state index contributed by atoms with van der Waals surface area (Å²) in [5.74, 6) is 2.29. The van der Waals surface area contributed by atoms with E-state index in [9.17, 15) is 4.79 Å². The Kier molecular flexibility index (Phi) is 2.19. The molecule has 2 fully saturated rings. The molecule has 2 atom stereocenters. The molecule has 2 unspecified atom stereocenters. The van der Waals surface area contributed by atoms with Gasteiger partial charge in [-0.2, -0.15) is 0 Å². The Labute approximate surface area is 80.5 Å². The van der Waals surface area contributed by atoms with Gasteiger partial charge in [0.25, 0.3) is 0 Å². The first-order valence-electron chi connectivity index (χ1n) is 4.09. The smallest absolute Gasteiger partial charge is 0.156 e. The standard InChI is InChI=1S/C8H12INO/c9-2-8(11)5-10-3-6-1-7(6)4-10/h6-7H,1-5H2. The van der Waals surface area contributed by atoms with Gasteiger partial charge >= 0.3 is 0 Å². The predicted octanol–water partition coefficient (Wildman–Crippen LogP) is 0.942. The van der Waals surface area contributed by atoms with Gasteiger partial charge in [-0.25, -0.2) is 0 Å². The maximum atomic E-state index is 11.0. The minimum atomic E-state index is 0.381. The van der Waals surface area contributed by atoms with E-state index in [1.807, 2.05) is 0 Å². The maximum absolute atomic E-state index is 11.0. The molecule has 11 heavy (non-hydrogen) atoms. The third kappa shape index (κ3) is 1.75. The number of carbonyl (C=O) groups excluding carboxylic acids is 1. The molecule has 1 aliphatic carbocycles. The first-order chi connectivity index (χ1) is 5.29. The second-order valence-corrected chi connectivity index (χ2v) is 4.39. The van der Waals surface area contributed by atoms with Crippen molar-refractivity contribution in [2.45, 2.75) is 6.42 Å². The predicted molar refractivity (Wildman–Crippen MR) is 51.9 cm³/mol. The molecule has 1 aliphatic heterocycles. The molecule has 0 aromatic heterocycles. The molecule has 0 bridgehead atoms. The summed E-state index contributed by atoms with van der Waals surface area (Å²) in [5.41, 5.74) is 0. The highest BCUT2D eigenvalue weighted by Crippen LogP contribution is 2.44. The van der Waals surface area contributed by atoms with Gasteiger partial charge in [-0.1, -0.05) is 22.6 Å². The second-order valence-electron chi connectivity index (χ2n) is 3.62. The lowest BCUT2D eigenvalue weighted by Gasteiger charge is -2.14. The van der Waals surface area contributed by atoms with E-state index in [-0.39, 0.29) is 0 Å². The lowest BCUT2D eigenvalue weighted by molar-refractivity contribution is -0.117. The lowest BCUT2D eigenvalue weighted by atomic mass is 10.4. The summed E-state index contributed by atoms with van der Waals surface area (Å²) < 4.78 is 0.670. The Hall–Kier alpha value is 0.360. The molecule has 1 saturated heterocycles. The monoisotopic (exact) mass is 265 g/mol. The SMILES string of the molecule is O=C(CI)CN1CC2CC2C1. The van der Waals surface area contributed by atoms with Crippen LogP contribution in [0.4, 0.5) is 0 Å². The van der Waals surface area contributed by atoms with Crippen LogP contribution >= 0.6 is 22.6 Å². The number of alkyl halides is 1. The number of hydrogen-bond donors (Lipinski definition) is 0. The maximum Gasteiger partial charge on any atom is 0.156 e. The fourth-order valence-electron chi connectivity index (χ4n) is 1.92. The summed E-state index contributed by atoms with van der Waals surface area (Å²) in [7, 11) is 0. The van der Waals surface area contributed by atoms with Gasteiger partial charge in [0.05, 0.1) is 11.0 Å². The van der Waals surface area contributed by atoms with Crippen molar-refractivity contribution in [3.63, 3.8) is 0 Å². The quantitative estimate of drug-likeness (QED) is 0.559. The lowest BCUT2D eigenvalue weighted by Crippen LogP contribution is -2.29. The van der Waals surface area contributed by atoms with Crippen LogP contribution in [-0.4, -0.2) is 34.7 Å². The van der Waals surface area contributed by atoms with Gasteiger partial charge < -0.3 is 0 Å². The second kappa shape index (κ2) is 3.01. The van der Waals surface area contributed by atoms with Gasteiger partial charge in [-0.05, 0) is 18.3 Å². The minimum Gasteiger partial charge on any atom is -0.297 e. The number of likely N-dealkylation sites (tertiary alicyclic amines) is 1. The van der Waals surface area contributed by atoms with Crippen LogP contribution in [0.3, 0.4) is 0 Å². The summed E-state index contributed by atoms with van der Waals surface area (Å²) >= 11 is 2.14. The molecule has 1 heterocycles. The fraction of sp³-hybridized carbons (Fsp3) is 0.875. The summed E-state index contributed by atoms with van der Waals surface area (Å²) in [4.78, 5) is 13.3. The molecule has 3 heteroatoms. The van der Waals surface area contributed by atoms with Crippen LogP contribution < -0.4 is 0 Å². The molecule has 2 rings (SSSR count). The molecule has 2 aliphatic rings. The largest absolute Gasteiger partial charge is 0.297 e. The highest BCUT2D eigenvalue weighted by Gasteiger charge is 2.44. The van der Waals surface area contributed by atoms with Crippen molar-refractivity contribution in [2.24, 2.45) is 11.8 Å². The van der Waals surface area contributed by atoms with E-state index in [1.165, 1.54) is 19.5 Å². The minimum absolute atomic E-state index is 0.381. The fourth-order valence-corrected chi connectivity index (χ4v) is 2.16. The van der Waals surface area contributed by atoms with E-state index in [0.717, 1.165) is 11.8 Å². The topological polar surface area (TPSA) is 20.3 Å². The highest BCUT2D eigenvalue weighted by atomic mass is 127. The van der Waals surface area contributed by atoms with Crippen molar-refractivity contribution in [3.8, 4) is 0 Å². The molecule has 1 saturated carbocycles. The van der Waals surface area contributed by atoms with Crippen LogP contribution in [0.15, 0.2) is 0 Å². The molecule has 62 valence electrons. The Morgan fingerprint density at radius 1 is 1.45 bits per heavy atom. The van der Waals surface area contributed by atoms with Gasteiger partial charge in [0.2, 0.25) is 0 Å². The number of Topliss-reactive ketones (excluding diaryl/α,β-unsaturated/α-hetero) is 1.